The summed E-state index contributed by atoms with van der Waals surface area (Å²) in [6.07, 6.45) is 1.36. The van der Waals surface area contributed by atoms with Crippen LogP contribution in [0.1, 0.15) is 0 Å². The Morgan fingerprint density at radius 2 is 2.29 bits per heavy atom. The SMILES string of the molecule is COCCNS(=O)(=O)Nc1ncc(N)cc1Br. The van der Waals surface area contributed by atoms with Crippen LogP contribution in [0.25, 0.3) is 0 Å². The van der Waals surface area contributed by atoms with Gasteiger partial charge in [-0.1, -0.05) is 0 Å². The van der Waals surface area contributed by atoms with E-state index in [0.717, 1.165) is 0 Å². The van der Waals surface area contributed by atoms with Crippen molar-refractivity contribution in [1.29, 1.82) is 0 Å². The second-order valence-electron chi connectivity index (χ2n) is 3.09. The van der Waals surface area contributed by atoms with E-state index in [-0.39, 0.29) is 19.0 Å². The van der Waals surface area contributed by atoms with Crippen LogP contribution in [-0.2, 0) is 14.9 Å². The van der Waals surface area contributed by atoms with E-state index in [1.807, 2.05) is 0 Å². The van der Waals surface area contributed by atoms with Gasteiger partial charge in [0.15, 0.2) is 5.82 Å². The van der Waals surface area contributed by atoms with Crippen LogP contribution >= 0.6 is 15.9 Å². The van der Waals surface area contributed by atoms with Crippen LogP contribution in [0.2, 0.25) is 0 Å². The van der Waals surface area contributed by atoms with E-state index >= 15 is 0 Å². The molecule has 1 heterocycles. The minimum absolute atomic E-state index is 0.170. The molecule has 0 atom stereocenters. The fourth-order valence-electron chi connectivity index (χ4n) is 0.969. The van der Waals surface area contributed by atoms with Crippen molar-refractivity contribution >= 4 is 37.6 Å². The van der Waals surface area contributed by atoms with E-state index < -0.39 is 10.2 Å². The molecule has 0 aliphatic heterocycles. The minimum atomic E-state index is -3.66. The van der Waals surface area contributed by atoms with Crippen molar-refractivity contribution in [3.63, 3.8) is 0 Å². The topological polar surface area (TPSA) is 106 Å². The highest BCUT2D eigenvalue weighted by molar-refractivity contribution is 9.10. The van der Waals surface area contributed by atoms with Crippen molar-refractivity contribution in [3.05, 3.63) is 16.7 Å². The first kappa shape index (κ1) is 14.2. The molecule has 1 aromatic rings. The summed E-state index contributed by atoms with van der Waals surface area (Å²) < 4.78 is 32.8. The van der Waals surface area contributed by atoms with Crippen LogP contribution in [0, 0.1) is 0 Å². The molecule has 4 N–H and O–H groups in total. The summed E-state index contributed by atoms with van der Waals surface area (Å²) in [6.45, 7) is 0.468. The van der Waals surface area contributed by atoms with Crippen molar-refractivity contribution in [2.24, 2.45) is 0 Å². The first-order valence-electron chi connectivity index (χ1n) is 4.62. The molecule has 17 heavy (non-hydrogen) atoms. The third-order valence-electron chi connectivity index (χ3n) is 1.69. The van der Waals surface area contributed by atoms with Gasteiger partial charge in [-0.2, -0.15) is 13.1 Å². The Labute approximate surface area is 108 Å². The van der Waals surface area contributed by atoms with Gasteiger partial charge in [-0.05, 0) is 22.0 Å². The summed E-state index contributed by atoms with van der Waals surface area (Å²) in [5, 5.41) is 0. The number of ether oxygens (including phenoxy) is 1. The van der Waals surface area contributed by atoms with Gasteiger partial charge in [0.1, 0.15) is 0 Å². The lowest BCUT2D eigenvalue weighted by atomic mass is 10.4. The zero-order valence-corrected chi connectivity index (χ0v) is 11.5. The number of nitrogen functional groups attached to an aromatic ring is 1. The Kier molecular flexibility index (Phi) is 5.12. The molecule has 0 fully saturated rings. The molecule has 7 nitrogen and oxygen atoms in total. The number of nitrogens with one attached hydrogen (secondary N) is 2. The number of hydrogen-bond acceptors (Lipinski definition) is 5. The predicted octanol–water partition coefficient (Wildman–Crippen LogP) is 0.319. The molecule has 96 valence electrons. The Morgan fingerprint density at radius 1 is 1.59 bits per heavy atom. The van der Waals surface area contributed by atoms with Gasteiger partial charge in [0, 0.05) is 13.7 Å². The standard InChI is InChI=1S/C8H13BrN4O3S/c1-16-3-2-12-17(14,15)13-8-7(9)4-6(10)5-11-8/h4-5,12H,2-3,10H2,1H3,(H,11,13). The van der Waals surface area contributed by atoms with Gasteiger partial charge < -0.3 is 10.5 Å². The van der Waals surface area contributed by atoms with E-state index in [1.165, 1.54) is 13.3 Å². The van der Waals surface area contributed by atoms with Crippen LogP contribution in [0.15, 0.2) is 16.7 Å². The van der Waals surface area contributed by atoms with Gasteiger partial charge >= 0.3 is 0 Å². The van der Waals surface area contributed by atoms with Crippen molar-refractivity contribution in [2.45, 2.75) is 0 Å². The van der Waals surface area contributed by atoms with Crippen LogP contribution in [-0.4, -0.2) is 33.7 Å². The number of nitrogens with zero attached hydrogens (tertiary/aromatic N) is 1. The third-order valence-corrected chi connectivity index (χ3v) is 3.34. The second-order valence-corrected chi connectivity index (χ2v) is 5.45. The molecule has 0 aromatic carbocycles. The van der Waals surface area contributed by atoms with Gasteiger partial charge in [-0.3, -0.25) is 4.72 Å². The van der Waals surface area contributed by atoms with E-state index in [4.69, 9.17) is 10.5 Å². The van der Waals surface area contributed by atoms with Crippen LogP contribution in [0.4, 0.5) is 11.5 Å². The highest BCUT2D eigenvalue weighted by Gasteiger charge is 2.12. The number of rotatable bonds is 6. The molecule has 0 spiro atoms. The van der Waals surface area contributed by atoms with Gasteiger partial charge in [0.05, 0.1) is 23.0 Å². The molecule has 0 bridgehead atoms. The molecule has 0 amide bonds. The molecule has 1 aromatic heterocycles. The summed E-state index contributed by atoms with van der Waals surface area (Å²) in [6, 6.07) is 1.56. The highest BCUT2D eigenvalue weighted by Crippen LogP contribution is 2.22. The van der Waals surface area contributed by atoms with Gasteiger partial charge in [0.2, 0.25) is 0 Å². The van der Waals surface area contributed by atoms with Crippen LogP contribution in [0.5, 0.6) is 0 Å². The highest BCUT2D eigenvalue weighted by atomic mass is 79.9. The summed E-state index contributed by atoms with van der Waals surface area (Å²) >= 11 is 3.16. The summed E-state index contributed by atoms with van der Waals surface area (Å²) in [4.78, 5) is 3.86. The number of pyridine rings is 1. The molecule has 0 aliphatic carbocycles. The number of nitrogens with two attached hydrogens (primary N) is 1. The van der Waals surface area contributed by atoms with Gasteiger partial charge in [-0.15, -0.1) is 0 Å². The molecule has 1 rings (SSSR count). The zero-order chi connectivity index (χ0) is 12.9. The van der Waals surface area contributed by atoms with E-state index in [9.17, 15) is 8.42 Å². The Bertz CT molecular complexity index is 480. The molecule has 0 radical (unpaired) electrons. The average molecular weight is 325 g/mol. The first-order valence-corrected chi connectivity index (χ1v) is 6.89. The summed E-state index contributed by atoms with van der Waals surface area (Å²) in [5.74, 6) is 0.170. The maximum Gasteiger partial charge on any atom is 0.300 e. The maximum absolute atomic E-state index is 11.5. The molecular weight excluding hydrogens is 312 g/mol. The lowest BCUT2D eigenvalue weighted by Gasteiger charge is -2.09. The normalized spacial score (nSPS) is 11.4. The average Bonchev–Trinajstić information content (AvgIpc) is 2.22. The molecule has 0 unspecified atom stereocenters. The Hall–Kier alpha value is -0.900. The van der Waals surface area contributed by atoms with Crippen molar-refractivity contribution in [3.8, 4) is 0 Å². The van der Waals surface area contributed by atoms with Crippen LogP contribution in [0.3, 0.4) is 0 Å². The van der Waals surface area contributed by atoms with Crippen LogP contribution < -0.4 is 15.2 Å². The van der Waals surface area contributed by atoms with Gasteiger partial charge in [-0.25, -0.2) is 4.98 Å². The number of aromatic nitrogens is 1. The number of hydrogen-bond donors (Lipinski definition) is 3. The lowest BCUT2D eigenvalue weighted by Crippen LogP contribution is -2.33. The maximum atomic E-state index is 11.5. The van der Waals surface area contributed by atoms with Crippen molar-refractivity contribution < 1.29 is 13.2 Å². The smallest absolute Gasteiger partial charge is 0.300 e. The molecule has 0 aliphatic rings. The van der Waals surface area contributed by atoms with E-state index in [2.05, 4.69) is 30.4 Å². The fourth-order valence-corrected chi connectivity index (χ4v) is 2.41. The second kappa shape index (κ2) is 6.15. The molecular formula is C8H13BrN4O3S. The number of halogens is 1. The predicted molar refractivity (Wildman–Crippen MR) is 68.8 cm³/mol. The van der Waals surface area contributed by atoms with E-state index in [1.54, 1.807) is 6.07 Å². The largest absolute Gasteiger partial charge is 0.397 e. The minimum Gasteiger partial charge on any atom is -0.397 e. The summed E-state index contributed by atoms with van der Waals surface area (Å²) in [5.41, 5.74) is 5.92. The molecule has 0 saturated carbocycles. The van der Waals surface area contributed by atoms with Crippen molar-refractivity contribution in [1.82, 2.24) is 9.71 Å². The Balaban J connectivity index is 2.69. The third kappa shape index (κ3) is 4.86. The summed E-state index contributed by atoms with van der Waals surface area (Å²) in [7, 11) is -2.17. The molecule has 9 heteroatoms. The monoisotopic (exact) mass is 324 g/mol. The quantitative estimate of drug-likeness (QED) is 0.653. The first-order chi connectivity index (χ1) is 7.94. The number of methoxy groups -OCH3 is 1. The lowest BCUT2D eigenvalue weighted by molar-refractivity contribution is 0.204. The van der Waals surface area contributed by atoms with E-state index in [0.29, 0.717) is 10.2 Å². The molecule has 0 saturated heterocycles. The van der Waals surface area contributed by atoms with Gasteiger partial charge in [0.25, 0.3) is 10.2 Å². The number of anilines is 2. The Morgan fingerprint density at radius 3 is 2.88 bits per heavy atom. The fraction of sp³-hybridized carbons (Fsp3) is 0.375. The zero-order valence-electron chi connectivity index (χ0n) is 9.10. The van der Waals surface area contributed by atoms with Crippen molar-refractivity contribution in [2.75, 3.05) is 30.7 Å².